The first-order valence-electron chi connectivity index (χ1n) is 8.28. The summed E-state index contributed by atoms with van der Waals surface area (Å²) in [6.45, 7) is 1.79. The van der Waals surface area contributed by atoms with Crippen molar-refractivity contribution in [3.8, 4) is 0 Å². The first kappa shape index (κ1) is 20.4. The lowest BCUT2D eigenvalue weighted by atomic mass is 10.1. The highest BCUT2D eigenvalue weighted by Gasteiger charge is 2.40. The zero-order valence-electron chi connectivity index (χ0n) is 14.8. The van der Waals surface area contributed by atoms with Gasteiger partial charge in [0.2, 0.25) is 11.8 Å². The van der Waals surface area contributed by atoms with E-state index in [-0.39, 0.29) is 23.4 Å². The average Bonchev–Trinajstić information content (AvgIpc) is 2.93. The van der Waals surface area contributed by atoms with Crippen LogP contribution in [0.15, 0.2) is 58.7 Å². The number of rotatable bonds is 4. The minimum Gasteiger partial charge on any atom is -0.377 e. The Morgan fingerprint density at radius 3 is 2.50 bits per heavy atom. The molecule has 9 heteroatoms. The van der Waals surface area contributed by atoms with E-state index in [1.807, 2.05) is 12.1 Å². The predicted molar refractivity (Wildman–Crippen MR) is 115 cm³/mol. The molecule has 2 aromatic rings. The van der Waals surface area contributed by atoms with Gasteiger partial charge in [-0.2, -0.15) is 5.10 Å². The summed E-state index contributed by atoms with van der Waals surface area (Å²) in [7, 11) is 0. The Morgan fingerprint density at radius 1 is 1.11 bits per heavy atom. The molecule has 0 saturated carbocycles. The highest BCUT2D eigenvalue weighted by molar-refractivity contribution is 8.14. The Balaban J connectivity index is 1.70. The lowest BCUT2D eigenvalue weighted by molar-refractivity contribution is -0.121. The number of anilines is 1. The van der Waals surface area contributed by atoms with Crippen LogP contribution in [0.4, 0.5) is 5.69 Å². The second-order valence-electron chi connectivity index (χ2n) is 5.99. The van der Waals surface area contributed by atoms with E-state index < -0.39 is 5.25 Å². The van der Waals surface area contributed by atoms with E-state index in [1.165, 1.54) is 0 Å². The van der Waals surface area contributed by atoms with Crippen molar-refractivity contribution in [3.05, 3.63) is 64.1 Å². The van der Waals surface area contributed by atoms with Crippen LogP contribution in [0.3, 0.4) is 0 Å². The fraction of sp³-hybridized carbons (Fsp3) is 0.158. The molecular formula is C19H16Cl2N4O2S. The number of nitrogens with zero attached hydrogens (tertiary/aromatic N) is 3. The number of hydrogen-bond acceptors (Lipinski definition) is 5. The average molecular weight is 435 g/mol. The highest BCUT2D eigenvalue weighted by Crippen LogP contribution is 2.30. The monoisotopic (exact) mass is 434 g/mol. The van der Waals surface area contributed by atoms with E-state index in [4.69, 9.17) is 28.9 Å². The van der Waals surface area contributed by atoms with Crippen molar-refractivity contribution in [1.82, 2.24) is 0 Å². The molecule has 28 heavy (non-hydrogen) atoms. The fourth-order valence-corrected chi connectivity index (χ4v) is 3.75. The van der Waals surface area contributed by atoms with Gasteiger partial charge >= 0.3 is 0 Å². The van der Waals surface area contributed by atoms with Gasteiger partial charge in [0.15, 0.2) is 5.17 Å². The Kier molecular flexibility index (Phi) is 6.39. The number of carbonyl (C=O) groups excluding carboxylic acids is 2. The van der Waals surface area contributed by atoms with Gasteiger partial charge in [0, 0.05) is 16.5 Å². The van der Waals surface area contributed by atoms with Crippen LogP contribution in [0, 0.1) is 0 Å². The molecule has 2 amide bonds. The molecule has 3 rings (SSSR count). The number of benzene rings is 2. The number of halogens is 2. The van der Waals surface area contributed by atoms with E-state index in [1.54, 1.807) is 43.3 Å². The number of nitrogens with two attached hydrogens (primary N) is 1. The summed E-state index contributed by atoms with van der Waals surface area (Å²) in [4.78, 5) is 26.1. The van der Waals surface area contributed by atoms with Gasteiger partial charge in [-0.3, -0.25) is 9.59 Å². The lowest BCUT2D eigenvalue weighted by Crippen LogP contribution is -2.31. The Bertz CT molecular complexity index is 976. The standard InChI is InChI=1S/C19H16Cl2N4O2S/c1-11(12-5-7-13(20)8-6-12)23-24-19(22)28-16-10-17(26)25(18(16)27)15-4-2-3-14(21)9-15/h2-9,16H,10H2,1H3,(H2,22,24)/b23-11-/t16-/m1/s1. The van der Waals surface area contributed by atoms with Crippen LogP contribution in [0.1, 0.15) is 18.9 Å². The quantitative estimate of drug-likeness (QED) is 0.339. The Labute approximate surface area is 176 Å². The number of thioether (sulfide) groups is 1. The maximum absolute atomic E-state index is 12.6. The number of carbonyl (C=O) groups is 2. The molecule has 6 nitrogen and oxygen atoms in total. The fourth-order valence-electron chi connectivity index (χ4n) is 2.63. The zero-order chi connectivity index (χ0) is 20.3. The Morgan fingerprint density at radius 2 is 1.82 bits per heavy atom. The summed E-state index contributed by atoms with van der Waals surface area (Å²) in [5.41, 5.74) is 7.84. The molecule has 1 atom stereocenters. The van der Waals surface area contributed by atoms with Gasteiger partial charge in [-0.25, -0.2) is 4.90 Å². The maximum Gasteiger partial charge on any atom is 0.247 e. The normalized spacial score (nSPS) is 18.1. The van der Waals surface area contributed by atoms with E-state index in [2.05, 4.69) is 10.2 Å². The smallest absolute Gasteiger partial charge is 0.247 e. The first-order chi connectivity index (χ1) is 13.3. The van der Waals surface area contributed by atoms with E-state index in [0.717, 1.165) is 22.2 Å². The highest BCUT2D eigenvalue weighted by atomic mass is 35.5. The van der Waals surface area contributed by atoms with Crippen molar-refractivity contribution in [2.45, 2.75) is 18.6 Å². The molecule has 0 unspecified atom stereocenters. The van der Waals surface area contributed by atoms with Gasteiger partial charge in [-0.1, -0.05) is 53.2 Å². The van der Waals surface area contributed by atoms with E-state index in [0.29, 0.717) is 21.4 Å². The molecule has 0 aromatic heterocycles. The molecule has 0 spiro atoms. The molecule has 144 valence electrons. The van der Waals surface area contributed by atoms with Crippen LogP contribution in [0.5, 0.6) is 0 Å². The second-order valence-corrected chi connectivity index (χ2v) is 8.08. The molecular weight excluding hydrogens is 419 g/mol. The SMILES string of the molecule is C/C(=N/N=C(N)S[C@@H]1CC(=O)N(c2cccc(Cl)c2)C1=O)c1ccc(Cl)cc1. The largest absolute Gasteiger partial charge is 0.377 e. The van der Waals surface area contributed by atoms with Gasteiger partial charge in [0.25, 0.3) is 0 Å². The zero-order valence-corrected chi connectivity index (χ0v) is 17.1. The summed E-state index contributed by atoms with van der Waals surface area (Å²) >= 11 is 12.8. The van der Waals surface area contributed by atoms with E-state index >= 15 is 0 Å². The van der Waals surface area contributed by atoms with Crippen molar-refractivity contribution in [2.24, 2.45) is 15.9 Å². The number of imide groups is 1. The summed E-state index contributed by atoms with van der Waals surface area (Å²) in [6.07, 6.45) is 0.0338. The van der Waals surface area contributed by atoms with Crippen LogP contribution in [-0.2, 0) is 9.59 Å². The minimum absolute atomic E-state index is 0.0338. The van der Waals surface area contributed by atoms with Gasteiger partial charge in [0.05, 0.1) is 11.4 Å². The summed E-state index contributed by atoms with van der Waals surface area (Å²) in [5, 5.41) is 8.58. The molecule has 2 aromatic carbocycles. The number of amidine groups is 1. The molecule has 1 heterocycles. The number of amides is 2. The summed E-state index contributed by atoms with van der Waals surface area (Å²) in [5.74, 6) is -0.660. The molecule has 1 aliphatic rings. The molecule has 0 aliphatic carbocycles. The molecule has 2 N–H and O–H groups in total. The van der Waals surface area contributed by atoms with Gasteiger partial charge in [-0.05, 0) is 42.8 Å². The third-order valence-electron chi connectivity index (χ3n) is 4.00. The van der Waals surface area contributed by atoms with Crippen LogP contribution >= 0.6 is 35.0 Å². The minimum atomic E-state index is -0.652. The molecule has 0 radical (unpaired) electrons. The third kappa shape index (κ3) is 4.73. The van der Waals surface area contributed by atoms with Crippen molar-refractivity contribution in [1.29, 1.82) is 0 Å². The van der Waals surface area contributed by atoms with Crippen LogP contribution in [0.25, 0.3) is 0 Å². The molecule has 1 saturated heterocycles. The van der Waals surface area contributed by atoms with Gasteiger partial charge in [-0.15, -0.1) is 5.10 Å². The Hall–Kier alpha value is -2.35. The van der Waals surface area contributed by atoms with Crippen molar-refractivity contribution < 1.29 is 9.59 Å². The topological polar surface area (TPSA) is 88.1 Å². The van der Waals surface area contributed by atoms with E-state index in [9.17, 15) is 9.59 Å². The van der Waals surface area contributed by atoms with Crippen LogP contribution in [-0.4, -0.2) is 27.9 Å². The van der Waals surface area contributed by atoms with Crippen molar-refractivity contribution in [2.75, 3.05) is 4.90 Å². The predicted octanol–water partition coefficient (Wildman–Crippen LogP) is 4.10. The maximum atomic E-state index is 12.6. The van der Waals surface area contributed by atoms with Crippen LogP contribution < -0.4 is 10.6 Å². The summed E-state index contributed by atoms with van der Waals surface area (Å²) < 4.78 is 0. The van der Waals surface area contributed by atoms with Crippen molar-refractivity contribution >= 4 is 63.3 Å². The van der Waals surface area contributed by atoms with Gasteiger partial charge in [0.1, 0.15) is 5.25 Å². The molecule has 0 bridgehead atoms. The first-order valence-corrected chi connectivity index (χ1v) is 9.91. The second kappa shape index (κ2) is 8.77. The molecule has 1 aliphatic heterocycles. The lowest BCUT2D eigenvalue weighted by Gasteiger charge is -2.14. The number of hydrogen-bond donors (Lipinski definition) is 1. The van der Waals surface area contributed by atoms with Gasteiger partial charge < -0.3 is 5.73 Å². The van der Waals surface area contributed by atoms with Crippen LogP contribution in [0.2, 0.25) is 10.0 Å². The molecule has 1 fully saturated rings. The summed E-state index contributed by atoms with van der Waals surface area (Å²) in [6, 6.07) is 13.7. The van der Waals surface area contributed by atoms with Crippen molar-refractivity contribution in [3.63, 3.8) is 0 Å². The third-order valence-corrected chi connectivity index (χ3v) is 5.46.